The largest absolute Gasteiger partial charge is 0.445 e. The van der Waals surface area contributed by atoms with Crippen molar-refractivity contribution in [3.8, 4) is 0 Å². The molecule has 0 atom stereocenters. The third-order valence-corrected chi connectivity index (χ3v) is 3.50. The van der Waals surface area contributed by atoms with Crippen LogP contribution < -0.4 is 11.1 Å². The highest BCUT2D eigenvalue weighted by molar-refractivity contribution is 5.67. The number of anilines is 1. The molecule has 0 aliphatic rings. The van der Waals surface area contributed by atoms with Gasteiger partial charge in [0.1, 0.15) is 6.61 Å². The average molecular weight is 364 g/mol. The third kappa shape index (κ3) is 6.16. The topological polar surface area (TPSA) is 64.3 Å². The Balaban J connectivity index is 1.73. The van der Waals surface area contributed by atoms with Gasteiger partial charge in [0.05, 0.1) is 5.56 Å². The number of nitrogen functional groups attached to an aromatic ring is 1. The Morgan fingerprint density at radius 3 is 2.54 bits per heavy atom. The minimum Gasteiger partial charge on any atom is -0.445 e. The number of benzene rings is 2. The molecule has 26 heavy (non-hydrogen) atoms. The van der Waals surface area contributed by atoms with Crippen LogP contribution in [0.4, 0.5) is 23.7 Å². The molecule has 0 aliphatic carbocycles. The minimum absolute atomic E-state index is 0.0475. The molecular formula is C19H19F3N2O2. The Morgan fingerprint density at radius 2 is 1.88 bits per heavy atom. The first kappa shape index (κ1) is 19.4. The number of hydrogen-bond acceptors (Lipinski definition) is 3. The van der Waals surface area contributed by atoms with Crippen LogP contribution in [-0.4, -0.2) is 12.6 Å². The summed E-state index contributed by atoms with van der Waals surface area (Å²) in [6.07, 6.45) is -1.12. The zero-order chi connectivity index (χ0) is 19.0. The number of amides is 1. The Bertz CT molecular complexity index is 759. The van der Waals surface area contributed by atoms with E-state index in [9.17, 15) is 18.0 Å². The van der Waals surface area contributed by atoms with Crippen molar-refractivity contribution >= 4 is 17.9 Å². The van der Waals surface area contributed by atoms with Crippen molar-refractivity contribution in [2.24, 2.45) is 0 Å². The lowest BCUT2D eigenvalue weighted by atomic mass is 10.1. The molecule has 2 rings (SSSR count). The number of ether oxygens (including phenoxy) is 1. The summed E-state index contributed by atoms with van der Waals surface area (Å²) in [6, 6.07) is 12.5. The predicted octanol–water partition coefficient (Wildman–Crippen LogP) is 4.62. The molecule has 0 aromatic heterocycles. The SMILES string of the molecule is Nc1cc(C(F)(F)F)ccc1C=CCCNC(=O)OCc1ccccc1. The van der Waals surface area contributed by atoms with Gasteiger partial charge in [-0.25, -0.2) is 4.79 Å². The first-order valence-electron chi connectivity index (χ1n) is 7.94. The first-order valence-corrected chi connectivity index (χ1v) is 7.94. The number of nitrogens with two attached hydrogens (primary N) is 1. The number of carbonyl (C=O) groups is 1. The summed E-state index contributed by atoms with van der Waals surface area (Å²) < 4.78 is 42.8. The van der Waals surface area contributed by atoms with E-state index in [1.807, 2.05) is 30.3 Å². The smallest absolute Gasteiger partial charge is 0.416 e. The van der Waals surface area contributed by atoms with Crippen LogP contribution in [0.3, 0.4) is 0 Å². The monoisotopic (exact) mass is 364 g/mol. The van der Waals surface area contributed by atoms with Gasteiger partial charge in [-0.2, -0.15) is 13.2 Å². The highest BCUT2D eigenvalue weighted by Gasteiger charge is 2.30. The number of halogens is 3. The molecule has 0 aliphatic heterocycles. The normalized spacial score (nSPS) is 11.5. The number of nitrogens with one attached hydrogen (secondary N) is 1. The van der Waals surface area contributed by atoms with Crippen LogP contribution in [0.2, 0.25) is 0 Å². The highest BCUT2D eigenvalue weighted by atomic mass is 19.4. The van der Waals surface area contributed by atoms with E-state index in [1.165, 1.54) is 6.07 Å². The van der Waals surface area contributed by atoms with Gasteiger partial charge in [0, 0.05) is 12.2 Å². The molecule has 4 nitrogen and oxygen atoms in total. The highest BCUT2D eigenvalue weighted by Crippen LogP contribution is 2.31. The number of alkyl carbamates (subject to hydrolysis) is 1. The van der Waals surface area contributed by atoms with Gasteiger partial charge in [-0.15, -0.1) is 0 Å². The molecule has 0 spiro atoms. The molecule has 2 aromatic rings. The Kier molecular flexibility index (Phi) is 6.66. The number of alkyl halides is 3. The minimum atomic E-state index is -4.42. The van der Waals surface area contributed by atoms with Crippen molar-refractivity contribution in [3.05, 3.63) is 71.3 Å². The van der Waals surface area contributed by atoms with Crippen molar-refractivity contribution in [1.29, 1.82) is 0 Å². The van der Waals surface area contributed by atoms with Crippen LogP contribution >= 0.6 is 0 Å². The molecule has 0 saturated heterocycles. The Hall–Kier alpha value is -2.96. The second kappa shape index (κ2) is 8.94. The summed E-state index contributed by atoms with van der Waals surface area (Å²) in [6.45, 7) is 0.523. The Labute approximate surface area is 149 Å². The fourth-order valence-electron chi connectivity index (χ4n) is 2.14. The maximum absolute atomic E-state index is 12.6. The van der Waals surface area contributed by atoms with Crippen molar-refractivity contribution in [2.75, 3.05) is 12.3 Å². The van der Waals surface area contributed by atoms with Crippen LogP contribution in [0, 0.1) is 0 Å². The maximum Gasteiger partial charge on any atom is 0.416 e. The molecule has 0 saturated carbocycles. The van der Waals surface area contributed by atoms with E-state index in [0.29, 0.717) is 18.5 Å². The standard InChI is InChI=1S/C19H19F3N2O2/c20-19(21,22)16-10-9-15(17(23)12-16)8-4-5-11-24-18(25)26-13-14-6-2-1-3-7-14/h1-4,6-10,12H,5,11,13,23H2,(H,24,25). The van der Waals surface area contributed by atoms with Crippen molar-refractivity contribution in [3.63, 3.8) is 0 Å². The van der Waals surface area contributed by atoms with Gasteiger partial charge >= 0.3 is 12.3 Å². The van der Waals surface area contributed by atoms with E-state index in [0.717, 1.165) is 17.7 Å². The van der Waals surface area contributed by atoms with Crippen LogP contribution in [0.5, 0.6) is 0 Å². The van der Waals surface area contributed by atoms with E-state index in [4.69, 9.17) is 10.5 Å². The van der Waals surface area contributed by atoms with Gasteiger partial charge in [0.15, 0.2) is 0 Å². The van der Waals surface area contributed by atoms with E-state index >= 15 is 0 Å². The van der Waals surface area contributed by atoms with Gasteiger partial charge in [0.2, 0.25) is 0 Å². The molecule has 3 N–H and O–H groups in total. The second-order valence-corrected chi connectivity index (χ2v) is 5.52. The van der Waals surface area contributed by atoms with Gasteiger partial charge in [-0.05, 0) is 29.7 Å². The van der Waals surface area contributed by atoms with Gasteiger partial charge in [-0.3, -0.25) is 0 Å². The quantitative estimate of drug-likeness (QED) is 0.581. The zero-order valence-electron chi connectivity index (χ0n) is 13.9. The molecule has 1 amide bonds. The Morgan fingerprint density at radius 1 is 1.15 bits per heavy atom. The first-order chi connectivity index (χ1) is 12.4. The fraction of sp³-hybridized carbons (Fsp3) is 0.211. The molecule has 0 bridgehead atoms. The van der Waals surface area contributed by atoms with Gasteiger partial charge < -0.3 is 15.8 Å². The fourth-order valence-corrected chi connectivity index (χ4v) is 2.14. The third-order valence-electron chi connectivity index (χ3n) is 3.50. The van der Waals surface area contributed by atoms with Crippen LogP contribution in [-0.2, 0) is 17.5 Å². The molecule has 138 valence electrons. The van der Waals surface area contributed by atoms with Crippen LogP contribution in [0.25, 0.3) is 6.08 Å². The van der Waals surface area contributed by atoms with Crippen molar-refractivity contribution in [1.82, 2.24) is 5.32 Å². The predicted molar refractivity (Wildman–Crippen MR) is 94.1 cm³/mol. The van der Waals surface area contributed by atoms with Crippen molar-refractivity contribution < 1.29 is 22.7 Å². The lowest BCUT2D eigenvalue weighted by Crippen LogP contribution is -2.24. The number of hydrogen-bond donors (Lipinski definition) is 2. The number of carbonyl (C=O) groups excluding carboxylic acids is 1. The summed E-state index contributed by atoms with van der Waals surface area (Å²) >= 11 is 0. The summed E-state index contributed by atoms with van der Waals surface area (Å²) in [7, 11) is 0. The summed E-state index contributed by atoms with van der Waals surface area (Å²) in [5.41, 5.74) is 6.28. The molecule has 0 heterocycles. The summed E-state index contributed by atoms with van der Waals surface area (Å²) in [5.74, 6) is 0. The summed E-state index contributed by atoms with van der Waals surface area (Å²) in [4.78, 5) is 11.6. The van der Waals surface area contributed by atoms with Gasteiger partial charge in [0.25, 0.3) is 0 Å². The van der Waals surface area contributed by atoms with Crippen LogP contribution in [0.1, 0.15) is 23.1 Å². The maximum atomic E-state index is 12.6. The molecular weight excluding hydrogens is 345 g/mol. The molecule has 0 unspecified atom stereocenters. The van der Waals surface area contributed by atoms with E-state index in [1.54, 1.807) is 12.2 Å². The average Bonchev–Trinajstić information content (AvgIpc) is 2.61. The summed E-state index contributed by atoms with van der Waals surface area (Å²) in [5, 5.41) is 2.59. The van der Waals surface area contributed by atoms with E-state index < -0.39 is 17.8 Å². The van der Waals surface area contributed by atoms with Crippen LogP contribution in [0.15, 0.2) is 54.6 Å². The molecule has 0 radical (unpaired) electrons. The number of rotatable bonds is 6. The molecule has 0 fully saturated rings. The van der Waals surface area contributed by atoms with E-state index in [2.05, 4.69) is 5.32 Å². The zero-order valence-corrected chi connectivity index (χ0v) is 13.9. The molecule has 2 aromatic carbocycles. The second-order valence-electron chi connectivity index (χ2n) is 5.52. The van der Waals surface area contributed by atoms with E-state index in [-0.39, 0.29) is 12.3 Å². The van der Waals surface area contributed by atoms with Crippen molar-refractivity contribution in [2.45, 2.75) is 19.2 Å². The van der Waals surface area contributed by atoms with Gasteiger partial charge in [-0.1, -0.05) is 48.6 Å². The lowest BCUT2D eigenvalue weighted by Gasteiger charge is -2.09. The molecule has 7 heteroatoms. The lowest BCUT2D eigenvalue weighted by molar-refractivity contribution is -0.137.